The fourth-order valence-electron chi connectivity index (χ4n) is 4.57. The van der Waals surface area contributed by atoms with Crippen LogP contribution in [0.2, 0.25) is 0 Å². The first-order chi connectivity index (χ1) is 15.1. The summed E-state index contributed by atoms with van der Waals surface area (Å²) < 4.78 is 11.2. The average molecular weight is 422 g/mol. The van der Waals surface area contributed by atoms with Crippen molar-refractivity contribution in [2.75, 3.05) is 43.2 Å². The summed E-state index contributed by atoms with van der Waals surface area (Å²) in [6, 6.07) is 14.6. The van der Waals surface area contributed by atoms with Gasteiger partial charge in [-0.2, -0.15) is 0 Å². The lowest BCUT2D eigenvalue weighted by molar-refractivity contribution is -0.126. The normalized spacial score (nSPS) is 25.3. The van der Waals surface area contributed by atoms with E-state index in [9.17, 15) is 9.59 Å². The van der Waals surface area contributed by atoms with Crippen LogP contribution in [0.25, 0.3) is 0 Å². The van der Waals surface area contributed by atoms with Gasteiger partial charge in [0.05, 0.1) is 23.6 Å². The van der Waals surface area contributed by atoms with Crippen LogP contribution in [0.4, 0.5) is 11.4 Å². The zero-order valence-electron chi connectivity index (χ0n) is 17.4. The van der Waals surface area contributed by atoms with Crippen molar-refractivity contribution >= 4 is 23.2 Å². The number of likely N-dealkylation sites (tertiary alicyclic amines) is 1. The molecule has 3 heterocycles. The SMILES string of the molecule is CCN1CC(C(=O)Nc2ccc3c(c2)OCCO3)C2NN(c3ccccc3)C(=O)C2C1. The summed E-state index contributed by atoms with van der Waals surface area (Å²) in [5.41, 5.74) is 4.77. The van der Waals surface area contributed by atoms with Crippen LogP contribution in [0.5, 0.6) is 11.5 Å². The Balaban J connectivity index is 1.37. The molecule has 3 atom stereocenters. The number of nitrogens with one attached hydrogen (secondary N) is 2. The number of amides is 2. The first-order valence-electron chi connectivity index (χ1n) is 10.7. The van der Waals surface area contributed by atoms with Crippen LogP contribution in [-0.4, -0.2) is 55.6 Å². The number of para-hydroxylation sites is 1. The second kappa shape index (κ2) is 8.20. The van der Waals surface area contributed by atoms with Crippen molar-refractivity contribution in [3.05, 3.63) is 48.5 Å². The van der Waals surface area contributed by atoms with Gasteiger partial charge in [0.15, 0.2) is 11.5 Å². The number of anilines is 2. The highest BCUT2D eigenvalue weighted by atomic mass is 16.6. The van der Waals surface area contributed by atoms with E-state index in [4.69, 9.17) is 9.47 Å². The standard InChI is InChI=1S/C23H26N4O4/c1-2-26-13-17(22(28)24-15-8-9-19-20(12-15)31-11-10-30-19)21-18(14-26)23(29)27(25-21)16-6-4-3-5-7-16/h3-9,12,17-18,21,25H,2,10-11,13-14H2,1H3,(H,24,28). The van der Waals surface area contributed by atoms with E-state index >= 15 is 0 Å². The van der Waals surface area contributed by atoms with Crippen molar-refractivity contribution < 1.29 is 19.1 Å². The number of fused-ring (bicyclic) bond motifs is 2. The Bertz CT molecular complexity index is 983. The van der Waals surface area contributed by atoms with Gasteiger partial charge in [0.2, 0.25) is 11.8 Å². The number of rotatable bonds is 4. The van der Waals surface area contributed by atoms with Gasteiger partial charge in [-0.3, -0.25) is 9.59 Å². The third-order valence-electron chi connectivity index (χ3n) is 6.20. The maximum atomic E-state index is 13.3. The number of nitrogens with zero attached hydrogens (tertiary/aromatic N) is 2. The summed E-state index contributed by atoms with van der Waals surface area (Å²) in [4.78, 5) is 28.6. The number of hydrogen-bond acceptors (Lipinski definition) is 6. The Labute approximate surface area is 181 Å². The van der Waals surface area contributed by atoms with Crippen LogP contribution < -0.4 is 25.2 Å². The minimum Gasteiger partial charge on any atom is -0.486 e. The molecule has 0 aliphatic carbocycles. The molecule has 162 valence electrons. The number of piperidine rings is 1. The molecule has 3 unspecified atom stereocenters. The highest BCUT2D eigenvalue weighted by Crippen LogP contribution is 2.35. The van der Waals surface area contributed by atoms with E-state index in [0.717, 1.165) is 12.2 Å². The summed E-state index contributed by atoms with van der Waals surface area (Å²) in [6.07, 6.45) is 0. The van der Waals surface area contributed by atoms with Gasteiger partial charge < -0.3 is 19.7 Å². The predicted molar refractivity (Wildman–Crippen MR) is 116 cm³/mol. The molecule has 8 nitrogen and oxygen atoms in total. The maximum Gasteiger partial charge on any atom is 0.247 e. The fraction of sp³-hybridized carbons (Fsp3) is 0.391. The van der Waals surface area contributed by atoms with Crippen molar-refractivity contribution in [3.8, 4) is 11.5 Å². The number of carbonyl (C=O) groups excluding carboxylic acids is 2. The summed E-state index contributed by atoms with van der Waals surface area (Å²) in [6.45, 7) is 5.09. The van der Waals surface area contributed by atoms with E-state index in [0.29, 0.717) is 43.5 Å². The van der Waals surface area contributed by atoms with E-state index < -0.39 is 0 Å². The Morgan fingerprint density at radius 3 is 2.65 bits per heavy atom. The topological polar surface area (TPSA) is 83.1 Å². The molecule has 0 bridgehead atoms. The first-order valence-corrected chi connectivity index (χ1v) is 10.7. The average Bonchev–Trinajstić information content (AvgIpc) is 3.15. The molecule has 0 radical (unpaired) electrons. The van der Waals surface area contributed by atoms with Crippen molar-refractivity contribution in [2.24, 2.45) is 11.8 Å². The molecule has 2 N–H and O–H groups in total. The Kier molecular flexibility index (Phi) is 5.25. The van der Waals surface area contributed by atoms with Crippen LogP contribution in [-0.2, 0) is 9.59 Å². The van der Waals surface area contributed by atoms with Gasteiger partial charge >= 0.3 is 0 Å². The third kappa shape index (κ3) is 3.73. The lowest BCUT2D eigenvalue weighted by Gasteiger charge is -2.37. The summed E-state index contributed by atoms with van der Waals surface area (Å²) in [7, 11) is 0. The second-order valence-electron chi connectivity index (χ2n) is 8.08. The zero-order chi connectivity index (χ0) is 21.4. The zero-order valence-corrected chi connectivity index (χ0v) is 17.4. The Hall–Kier alpha value is -3.10. The molecular formula is C23H26N4O4. The fourth-order valence-corrected chi connectivity index (χ4v) is 4.57. The van der Waals surface area contributed by atoms with Gasteiger partial charge in [0.1, 0.15) is 13.2 Å². The third-order valence-corrected chi connectivity index (χ3v) is 6.20. The molecule has 3 aliphatic rings. The predicted octanol–water partition coefficient (Wildman–Crippen LogP) is 1.88. The van der Waals surface area contributed by atoms with Crippen molar-refractivity contribution in [2.45, 2.75) is 13.0 Å². The van der Waals surface area contributed by atoms with E-state index in [-0.39, 0.29) is 29.7 Å². The lowest BCUT2D eigenvalue weighted by Crippen LogP contribution is -2.55. The van der Waals surface area contributed by atoms with Gasteiger partial charge in [0.25, 0.3) is 0 Å². The van der Waals surface area contributed by atoms with Crippen LogP contribution in [0.3, 0.4) is 0 Å². The lowest BCUT2D eigenvalue weighted by atomic mass is 9.84. The van der Waals surface area contributed by atoms with Gasteiger partial charge in [-0.1, -0.05) is 25.1 Å². The minimum atomic E-state index is -0.371. The number of carbonyl (C=O) groups is 2. The molecule has 2 amide bonds. The van der Waals surface area contributed by atoms with Gasteiger partial charge in [-0.15, -0.1) is 0 Å². The van der Waals surface area contributed by atoms with Crippen molar-refractivity contribution in [1.29, 1.82) is 0 Å². The summed E-state index contributed by atoms with van der Waals surface area (Å²) >= 11 is 0. The molecule has 31 heavy (non-hydrogen) atoms. The van der Waals surface area contributed by atoms with E-state index in [1.165, 1.54) is 0 Å². The molecule has 2 saturated heterocycles. The Morgan fingerprint density at radius 2 is 1.87 bits per heavy atom. The summed E-state index contributed by atoms with van der Waals surface area (Å²) in [5.74, 6) is 0.562. The number of hydrogen-bond donors (Lipinski definition) is 2. The van der Waals surface area contributed by atoms with E-state index in [1.54, 1.807) is 17.1 Å². The number of benzene rings is 2. The molecule has 0 saturated carbocycles. The van der Waals surface area contributed by atoms with Crippen LogP contribution >= 0.6 is 0 Å². The second-order valence-corrected chi connectivity index (χ2v) is 8.08. The molecule has 3 aliphatic heterocycles. The molecular weight excluding hydrogens is 396 g/mol. The van der Waals surface area contributed by atoms with Crippen LogP contribution in [0.15, 0.2) is 48.5 Å². The van der Waals surface area contributed by atoms with E-state index in [1.807, 2.05) is 36.4 Å². The van der Waals surface area contributed by atoms with Crippen LogP contribution in [0, 0.1) is 11.8 Å². The molecule has 0 aromatic heterocycles. The molecule has 0 spiro atoms. The maximum absolute atomic E-state index is 13.3. The largest absolute Gasteiger partial charge is 0.486 e. The summed E-state index contributed by atoms with van der Waals surface area (Å²) in [5, 5.41) is 4.61. The van der Waals surface area contributed by atoms with Crippen molar-refractivity contribution in [3.63, 3.8) is 0 Å². The monoisotopic (exact) mass is 422 g/mol. The van der Waals surface area contributed by atoms with E-state index in [2.05, 4.69) is 22.6 Å². The highest BCUT2D eigenvalue weighted by molar-refractivity contribution is 6.00. The molecule has 2 aromatic carbocycles. The molecule has 2 fully saturated rings. The minimum absolute atomic E-state index is 0.00600. The van der Waals surface area contributed by atoms with Crippen LogP contribution in [0.1, 0.15) is 6.92 Å². The molecule has 2 aromatic rings. The van der Waals surface area contributed by atoms with Gasteiger partial charge in [-0.05, 0) is 30.8 Å². The van der Waals surface area contributed by atoms with Gasteiger partial charge in [0, 0.05) is 24.8 Å². The Morgan fingerprint density at radius 1 is 1.10 bits per heavy atom. The van der Waals surface area contributed by atoms with Gasteiger partial charge in [-0.25, -0.2) is 10.4 Å². The highest BCUT2D eigenvalue weighted by Gasteiger charge is 2.50. The first kappa shape index (κ1) is 19.8. The van der Waals surface area contributed by atoms with Crippen molar-refractivity contribution in [1.82, 2.24) is 10.3 Å². The number of ether oxygens (including phenoxy) is 2. The smallest absolute Gasteiger partial charge is 0.247 e. The molecule has 8 heteroatoms. The quantitative estimate of drug-likeness (QED) is 0.783. The molecule has 5 rings (SSSR count). The number of hydrazine groups is 1.